The zero-order valence-corrected chi connectivity index (χ0v) is 15.8. The molecule has 4 rings (SSSR count). The van der Waals surface area contributed by atoms with E-state index in [1.807, 2.05) is 17.0 Å². The van der Waals surface area contributed by atoms with Crippen LogP contribution in [0.5, 0.6) is 5.95 Å². The molecular weight excluding hydrogens is 360 g/mol. The summed E-state index contributed by atoms with van der Waals surface area (Å²) in [6.07, 6.45) is 5.14. The molecule has 2 aliphatic heterocycles. The predicted octanol–water partition coefficient (Wildman–Crippen LogP) is 1.54. The Hall–Kier alpha value is -3.03. The van der Waals surface area contributed by atoms with Gasteiger partial charge < -0.3 is 24.3 Å². The smallest absolute Gasteiger partial charge is 0.287 e. The molecule has 2 atom stereocenters. The maximum atomic E-state index is 12.9. The molecule has 1 N–H and O–H groups in total. The van der Waals surface area contributed by atoms with Gasteiger partial charge in [-0.3, -0.25) is 14.6 Å². The molecule has 8 nitrogen and oxygen atoms in total. The number of methoxy groups -OCH3 is 1. The van der Waals surface area contributed by atoms with Crippen LogP contribution in [0.3, 0.4) is 0 Å². The molecule has 2 aliphatic rings. The molecule has 0 aromatic carbocycles. The summed E-state index contributed by atoms with van der Waals surface area (Å²) in [4.78, 5) is 33.3. The molecule has 0 radical (unpaired) electrons. The van der Waals surface area contributed by atoms with Gasteiger partial charge in [-0.05, 0) is 31.0 Å². The summed E-state index contributed by atoms with van der Waals surface area (Å²) >= 11 is 0. The number of aromatic nitrogens is 1. The molecule has 0 bridgehead atoms. The Morgan fingerprint density at radius 3 is 2.71 bits per heavy atom. The van der Waals surface area contributed by atoms with E-state index in [-0.39, 0.29) is 29.5 Å². The molecule has 2 amide bonds. The molecule has 2 aromatic rings. The lowest BCUT2D eigenvalue weighted by atomic mass is 10.1. The summed E-state index contributed by atoms with van der Waals surface area (Å²) in [5.74, 6) is 0.399. The van der Waals surface area contributed by atoms with E-state index in [0.29, 0.717) is 19.0 Å². The van der Waals surface area contributed by atoms with Gasteiger partial charge in [0, 0.05) is 56.4 Å². The van der Waals surface area contributed by atoms with Crippen LogP contribution in [0.15, 0.2) is 41.1 Å². The normalized spacial score (nSPS) is 21.8. The average molecular weight is 384 g/mol. The molecular formula is C20H24N4O4. The van der Waals surface area contributed by atoms with Crippen LogP contribution in [0, 0.1) is 5.92 Å². The summed E-state index contributed by atoms with van der Waals surface area (Å²) in [6, 6.07) is 7.06. The van der Waals surface area contributed by atoms with Crippen molar-refractivity contribution in [3.8, 4) is 5.95 Å². The maximum Gasteiger partial charge on any atom is 0.287 e. The number of furan rings is 1. The minimum absolute atomic E-state index is 0.00282. The molecule has 2 aromatic heterocycles. The van der Waals surface area contributed by atoms with Gasteiger partial charge in [-0.25, -0.2) is 0 Å². The summed E-state index contributed by atoms with van der Waals surface area (Å²) < 4.78 is 10.2. The van der Waals surface area contributed by atoms with Crippen LogP contribution in [0.25, 0.3) is 0 Å². The Kier molecular flexibility index (Phi) is 5.18. The van der Waals surface area contributed by atoms with Gasteiger partial charge in [0.1, 0.15) is 0 Å². The maximum absolute atomic E-state index is 12.9. The lowest BCUT2D eigenvalue weighted by Crippen LogP contribution is -2.40. The van der Waals surface area contributed by atoms with E-state index in [0.717, 1.165) is 31.6 Å². The number of likely N-dealkylation sites (tertiary alicyclic amines) is 1. The highest BCUT2D eigenvalue weighted by Gasteiger charge is 2.35. The number of rotatable bonds is 5. The third-order valence-corrected chi connectivity index (χ3v) is 5.41. The molecule has 0 saturated carbocycles. The monoisotopic (exact) mass is 384 g/mol. The standard InChI is InChI=1S/C20H24N4O4/c1-27-18-3-2-17(28-18)19(25)22-15-7-11-24(13-15)20(26)14-6-10-23(12-14)16-4-8-21-9-5-16/h2-5,8-9,14-15H,6-7,10-13H2,1H3,(H,22,25). The number of nitrogens with one attached hydrogen (secondary N) is 1. The Balaban J connectivity index is 1.29. The highest BCUT2D eigenvalue weighted by Crippen LogP contribution is 2.26. The molecule has 148 valence electrons. The summed E-state index contributed by atoms with van der Waals surface area (Å²) in [7, 11) is 1.49. The highest BCUT2D eigenvalue weighted by molar-refractivity contribution is 5.92. The number of ether oxygens (including phenoxy) is 1. The third-order valence-electron chi connectivity index (χ3n) is 5.41. The molecule has 0 spiro atoms. The van der Waals surface area contributed by atoms with Gasteiger partial charge in [0.15, 0.2) is 5.76 Å². The van der Waals surface area contributed by atoms with Crippen molar-refractivity contribution in [2.45, 2.75) is 18.9 Å². The molecule has 8 heteroatoms. The number of carbonyl (C=O) groups excluding carboxylic acids is 2. The van der Waals surface area contributed by atoms with E-state index >= 15 is 0 Å². The van der Waals surface area contributed by atoms with Gasteiger partial charge in [0.25, 0.3) is 11.9 Å². The fraction of sp³-hybridized carbons (Fsp3) is 0.450. The number of amides is 2. The molecule has 0 aliphatic carbocycles. The van der Waals surface area contributed by atoms with E-state index in [1.54, 1.807) is 24.5 Å². The van der Waals surface area contributed by atoms with Crippen LogP contribution in [0.1, 0.15) is 23.4 Å². The fourth-order valence-corrected chi connectivity index (χ4v) is 3.90. The van der Waals surface area contributed by atoms with Crippen LogP contribution in [0.4, 0.5) is 5.69 Å². The topological polar surface area (TPSA) is 87.9 Å². The van der Waals surface area contributed by atoms with Crippen LogP contribution in [-0.2, 0) is 4.79 Å². The van der Waals surface area contributed by atoms with E-state index in [2.05, 4.69) is 15.2 Å². The van der Waals surface area contributed by atoms with Gasteiger partial charge >= 0.3 is 0 Å². The van der Waals surface area contributed by atoms with Crippen molar-refractivity contribution in [3.05, 3.63) is 42.4 Å². The van der Waals surface area contributed by atoms with Gasteiger partial charge in [0.2, 0.25) is 5.91 Å². The second-order valence-electron chi connectivity index (χ2n) is 7.20. The van der Waals surface area contributed by atoms with E-state index in [9.17, 15) is 9.59 Å². The third kappa shape index (κ3) is 3.81. The van der Waals surface area contributed by atoms with Crippen molar-refractivity contribution in [2.75, 3.05) is 38.2 Å². The van der Waals surface area contributed by atoms with E-state index in [1.165, 1.54) is 7.11 Å². The Bertz CT molecular complexity index is 838. The SMILES string of the molecule is COc1ccc(C(=O)NC2CCN(C(=O)C3CCN(c4ccncc4)C3)C2)o1. The van der Waals surface area contributed by atoms with Crippen molar-refractivity contribution in [1.29, 1.82) is 0 Å². The number of anilines is 1. The zero-order chi connectivity index (χ0) is 19.5. The van der Waals surface area contributed by atoms with Crippen LogP contribution in [0.2, 0.25) is 0 Å². The number of nitrogens with zero attached hydrogens (tertiary/aromatic N) is 3. The summed E-state index contributed by atoms with van der Waals surface area (Å²) in [5.41, 5.74) is 1.10. The van der Waals surface area contributed by atoms with E-state index in [4.69, 9.17) is 9.15 Å². The van der Waals surface area contributed by atoms with Crippen molar-refractivity contribution in [1.82, 2.24) is 15.2 Å². The molecule has 2 fully saturated rings. The Morgan fingerprint density at radius 2 is 1.96 bits per heavy atom. The first-order valence-electron chi connectivity index (χ1n) is 9.52. The van der Waals surface area contributed by atoms with Gasteiger partial charge in [-0.2, -0.15) is 0 Å². The summed E-state index contributed by atoms with van der Waals surface area (Å²) in [5, 5.41) is 2.94. The largest absolute Gasteiger partial charge is 0.468 e. The van der Waals surface area contributed by atoms with Crippen LogP contribution in [-0.4, -0.2) is 61.0 Å². The fourth-order valence-electron chi connectivity index (χ4n) is 3.90. The van der Waals surface area contributed by atoms with E-state index < -0.39 is 0 Å². The van der Waals surface area contributed by atoms with Crippen LogP contribution < -0.4 is 15.0 Å². The quantitative estimate of drug-likeness (QED) is 0.841. The first kappa shape index (κ1) is 18.3. The molecule has 28 heavy (non-hydrogen) atoms. The number of hydrogen-bond donors (Lipinski definition) is 1. The predicted molar refractivity (Wildman–Crippen MR) is 102 cm³/mol. The summed E-state index contributed by atoms with van der Waals surface area (Å²) in [6.45, 7) is 2.79. The molecule has 2 saturated heterocycles. The Labute approximate surface area is 163 Å². The highest BCUT2D eigenvalue weighted by atomic mass is 16.6. The Morgan fingerprint density at radius 1 is 1.14 bits per heavy atom. The van der Waals surface area contributed by atoms with Gasteiger partial charge in [0.05, 0.1) is 13.0 Å². The second-order valence-corrected chi connectivity index (χ2v) is 7.20. The minimum atomic E-state index is -0.285. The van der Waals surface area contributed by atoms with Crippen molar-refractivity contribution in [3.63, 3.8) is 0 Å². The van der Waals surface area contributed by atoms with Crippen LogP contribution >= 0.6 is 0 Å². The zero-order valence-electron chi connectivity index (χ0n) is 15.8. The molecule has 4 heterocycles. The number of hydrogen-bond acceptors (Lipinski definition) is 6. The lowest BCUT2D eigenvalue weighted by Gasteiger charge is -2.22. The van der Waals surface area contributed by atoms with Gasteiger partial charge in [-0.1, -0.05) is 0 Å². The van der Waals surface area contributed by atoms with Crippen molar-refractivity contribution < 1.29 is 18.7 Å². The minimum Gasteiger partial charge on any atom is -0.468 e. The van der Waals surface area contributed by atoms with Crippen molar-refractivity contribution >= 4 is 17.5 Å². The molecule has 2 unspecified atom stereocenters. The lowest BCUT2D eigenvalue weighted by molar-refractivity contribution is -0.133. The average Bonchev–Trinajstić information content (AvgIpc) is 3.48. The first-order chi connectivity index (χ1) is 13.6. The number of pyridine rings is 1. The number of carbonyl (C=O) groups is 2. The second kappa shape index (κ2) is 7.92. The van der Waals surface area contributed by atoms with Crippen molar-refractivity contribution in [2.24, 2.45) is 5.92 Å². The van der Waals surface area contributed by atoms with Gasteiger partial charge in [-0.15, -0.1) is 0 Å². The first-order valence-corrected chi connectivity index (χ1v) is 9.52.